The highest BCUT2D eigenvalue weighted by molar-refractivity contribution is 5.82. The zero-order valence-corrected chi connectivity index (χ0v) is 18.6. The van der Waals surface area contributed by atoms with E-state index in [9.17, 15) is 9.18 Å². The lowest BCUT2D eigenvalue weighted by Crippen LogP contribution is -2.46. The molecule has 3 aromatic rings. The second-order valence-electron chi connectivity index (χ2n) is 8.83. The van der Waals surface area contributed by atoms with Gasteiger partial charge in [0, 0.05) is 31.3 Å². The molecule has 6 rings (SSSR count). The SMILES string of the molecule is O=c1ccc2ncc(F)c3c2n1[C@H](CN1CCC(NCc2cc4c(nn2)OCCO4)CC1)CO3. The molecule has 0 saturated carbocycles. The number of pyridine rings is 2. The normalized spacial score (nSPS) is 20.3. The first kappa shape index (κ1) is 21.2. The maximum atomic E-state index is 14.2. The lowest BCUT2D eigenvalue weighted by molar-refractivity contribution is 0.137. The van der Waals surface area contributed by atoms with Crippen molar-refractivity contribution in [2.45, 2.75) is 31.5 Å². The molecule has 178 valence electrons. The number of fused-ring (bicyclic) bond motifs is 1. The van der Waals surface area contributed by atoms with E-state index in [4.69, 9.17) is 14.2 Å². The molecule has 10 nitrogen and oxygen atoms in total. The average molecular weight is 468 g/mol. The summed E-state index contributed by atoms with van der Waals surface area (Å²) in [6, 6.07) is 5.16. The van der Waals surface area contributed by atoms with Crippen LogP contribution in [0.2, 0.25) is 0 Å². The van der Waals surface area contributed by atoms with E-state index in [2.05, 4.69) is 25.4 Å². The molecule has 0 aromatic carbocycles. The van der Waals surface area contributed by atoms with E-state index in [0.29, 0.717) is 55.0 Å². The van der Waals surface area contributed by atoms with Crippen molar-refractivity contribution in [2.75, 3.05) is 39.5 Å². The smallest absolute Gasteiger partial charge is 0.276 e. The van der Waals surface area contributed by atoms with E-state index < -0.39 is 5.82 Å². The summed E-state index contributed by atoms with van der Waals surface area (Å²) < 4.78 is 32.6. The molecule has 0 spiro atoms. The van der Waals surface area contributed by atoms with Crippen molar-refractivity contribution < 1.29 is 18.6 Å². The monoisotopic (exact) mass is 468 g/mol. The summed E-state index contributed by atoms with van der Waals surface area (Å²) >= 11 is 0. The van der Waals surface area contributed by atoms with Gasteiger partial charge < -0.3 is 24.4 Å². The summed E-state index contributed by atoms with van der Waals surface area (Å²) in [5.41, 5.74) is 1.66. The van der Waals surface area contributed by atoms with Gasteiger partial charge in [-0.25, -0.2) is 4.39 Å². The third-order valence-corrected chi connectivity index (χ3v) is 6.62. The van der Waals surface area contributed by atoms with Gasteiger partial charge in [-0.2, -0.15) is 5.10 Å². The molecule has 3 aromatic heterocycles. The van der Waals surface area contributed by atoms with Gasteiger partial charge in [0.05, 0.1) is 23.4 Å². The number of aromatic nitrogens is 4. The van der Waals surface area contributed by atoms with Crippen LogP contribution >= 0.6 is 0 Å². The van der Waals surface area contributed by atoms with E-state index in [-0.39, 0.29) is 24.0 Å². The Morgan fingerprint density at radius 1 is 1.12 bits per heavy atom. The number of nitrogens with zero attached hydrogens (tertiary/aromatic N) is 5. The summed E-state index contributed by atoms with van der Waals surface area (Å²) in [5.74, 6) is 0.666. The van der Waals surface area contributed by atoms with Crippen LogP contribution in [-0.4, -0.2) is 70.1 Å². The predicted molar refractivity (Wildman–Crippen MR) is 120 cm³/mol. The van der Waals surface area contributed by atoms with Crippen LogP contribution < -0.4 is 25.1 Å². The molecule has 6 heterocycles. The molecule has 34 heavy (non-hydrogen) atoms. The molecule has 1 N–H and O–H groups in total. The van der Waals surface area contributed by atoms with Gasteiger partial charge >= 0.3 is 0 Å². The first-order chi connectivity index (χ1) is 16.7. The number of hydrogen-bond donors (Lipinski definition) is 1. The highest BCUT2D eigenvalue weighted by Gasteiger charge is 2.29. The fraction of sp³-hybridized carbons (Fsp3) is 0.478. The Morgan fingerprint density at radius 3 is 2.85 bits per heavy atom. The Balaban J connectivity index is 1.07. The Labute approximate surface area is 194 Å². The Bertz CT molecular complexity index is 1280. The number of ether oxygens (including phenoxy) is 3. The maximum Gasteiger partial charge on any atom is 0.276 e. The molecular formula is C23H25FN6O4. The van der Waals surface area contributed by atoms with Crippen LogP contribution in [0.15, 0.2) is 29.2 Å². The van der Waals surface area contributed by atoms with Gasteiger partial charge in [-0.3, -0.25) is 14.3 Å². The molecule has 0 bridgehead atoms. The van der Waals surface area contributed by atoms with Crippen molar-refractivity contribution in [1.82, 2.24) is 30.0 Å². The molecule has 0 amide bonds. The van der Waals surface area contributed by atoms with E-state index in [1.54, 1.807) is 10.6 Å². The van der Waals surface area contributed by atoms with Gasteiger partial charge in [-0.1, -0.05) is 0 Å². The lowest BCUT2D eigenvalue weighted by Gasteiger charge is -2.36. The third-order valence-electron chi connectivity index (χ3n) is 6.62. The number of likely N-dealkylation sites (tertiary alicyclic amines) is 1. The summed E-state index contributed by atoms with van der Waals surface area (Å²) in [6.07, 6.45) is 3.08. The van der Waals surface area contributed by atoms with Crippen molar-refractivity contribution in [2.24, 2.45) is 0 Å². The molecule has 1 saturated heterocycles. The second-order valence-corrected chi connectivity index (χ2v) is 8.83. The minimum absolute atomic E-state index is 0.115. The fourth-order valence-corrected chi connectivity index (χ4v) is 4.91. The number of rotatable bonds is 5. The predicted octanol–water partition coefficient (Wildman–Crippen LogP) is 1.28. The van der Waals surface area contributed by atoms with E-state index in [1.807, 2.05) is 6.07 Å². The molecule has 3 aliphatic heterocycles. The molecule has 3 aliphatic rings. The summed E-state index contributed by atoms with van der Waals surface area (Å²) in [6.45, 7) is 4.32. The molecular weight excluding hydrogens is 443 g/mol. The van der Waals surface area contributed by atoms with Crippen molar-refractivity contribution >= 4 is 11.0 Å². The highest BCUT2D eigenvalue weighted by atomic mass is 19.1. The molecule has 1 fully saturated rings. The number of nitrogens with one attached hydrogen (secondary N) is 1. The molecule has 11 heteroatoms. The quantitative estimate of drug-likeness (QED) is 0.593. The Kier molecular flexibility index (Phi) is 5.50. The topological polar surface area (TPSA) is 104 Å². The van der Waals surface area contributed by atoms with Crippen LogP contribution in [-0.2, 0) is 6.54 Å². The third kappa shape index (κ3) is 3.94. The van der Waals surface area contributed by atoms with Crippen LogP contribution in [0.4, 0.5) is 4.39 Å². The summed E-state index contributed by atoms with van der Waals surface area (Å²) in [4.78, 5) is 19.1. The average Bonchev–Trinajstić information content (AvgIpc) is 2.87. The first-order valence-corrected chi connectivity index (χ1v) is 11.6. The standard InChI is InChI=1S/C23H25FN6O4/c24-17-11-26-18-1-2-20(31)30-16(13-34-22(17)21(18)30)12-29-5-3-14(4-6-29)25-10-15-9-19-23(28-27-15)33-8-7-32-19/h1-2,9,11,14,16,25H,3-8,10,12-13H2/t16-/m1/s1. The van der Waals surface area contributed by atoms with Crippen LogP contribution in [0.3, 0.4) is 0 Å². The van der Waals surface area contributed by atoms with Crippen molar-refractivity contribution in [3.8, 4) is 17.4 Å². The van der Waals surface area contributed by atoms with Crippen LogP contribution in [0, 0.1) is 5.82 Å². The van der Waals surface area contributed by atoms with Crippen LogP contribution in [0.1, 0.15) is 24.6 Å². The number of hydrogen-bond acceptors (Lipinski definition) is 9. The first-order valence-electron chi connectivity index (χ1n) is 11.6. The van der Waals surface area contributed by atoms with Gasteiger partial charge in [0.2, 0.25) is 0 Å². The van der Waals surface area contributed by atoms with Crippen LogP contribution in [0.25, 0.3) is 11.0 Å². The summed E-state index contributed by atoms with van der Waals surface area (Å²) in [7, 11) is 0. The van der Waals surface area contributed by atoms with E-state index in [1.165, 1.54) is 6.07 Å². The van der Waals surface area contributed by atoms with E-state index >= 15 is 0 Å². The number of halogens is 1. The molecule has 1 atom stereocenters. The Hall–Kier alpha value is -3.31. The van der Waals surface area contributed by atoms with Crippen LogP contribution in [0.5, 0.6) is 17.4 Å². The number of piperidine rings is 1. The fourth-order valence-electron chi connectivity index (χ4n) is 4.91. The summed E-state index contributed by atoms with van der Waals surface area (Å²) in [5, 5.41) is 11.9. The lowest BCUT2D eigenvalue weighted by atomic mass is 10.0. The van der Waals surface area contributed by atoms with Gasteiger partial charge in [-0.15, -0.1) is 5.10 Å². The minimum Gasteiger partial charge on any atom is -0.486 e. The molecule has 0 unspecified atom stereocenters. The van der Waals surface area contributed by atoms with Gasteiger partial charge in [-0.05, 0) is 32.0 Å². The maximum absolute atomic E-state index is 14.2. The molecule has 0 aliphatic carbocycles. The zero-order chi connectivity index (χ0) is 23.1. The second kappa shape index (κ2) is 8.80. The zero-order valence-electron chi connectivity index (χ0n) is 18.6. The van der Waals surface area contributed by atoms with Gasteiger partial charge in [0.25, 0.3) is 11.4 Å². The van der Waals surface area contributed by atoms with Gasteiger partial charge in [0.1, 0.15) is 25.3 Å². The largest absolute Gasteiger partial charge is 0.486 e. The Morgan fingerprint density at radius 2 is 1.97 bits per heavy atom. The van der Waals surface area contributed by atoms with Gasteiger partial charge in [0.15, 0.2) is 17.3 Å². The minimum atomic E-state index is -0.542. The molecule has 0 radical (unpaired) electrons. The van der Waals surface area contributed by atoms with E-state index in [0.717, 1.165) is 37.8 Å². The van der Waals surface area contributed by atoms with Crippen molar-refractivity contribution in [1.29, 1.82) is 0 Å². The van der Waals surface area contributed by atoms with Crippen molar-refractivity contribution in [3.63, 3.8) is 0 Å². The van der Waals surface area contributed by atoms with Crippen molar-refractivity contribution in [3.05, 3.63) is 46.3 Å². The highest BCUT2D eigenvalue weighted by Crippen LogP contribution is 2.33.